The van der Waals surface area contributed by atoms with Crippen LogP contribution in [0.25, 0.3) is 0 Å². The number of amides is 2. The molecule has 2 N–H and O–H groups in total. The molecule has 0 aliphatic carbocycles. The summed E-state index contributed by atoms with van der Waals surface area (Å²) in [5, 5.41) is 5.19. The minimum atomic E-state index is -3.11. The van der Waals surface area contributed by atoms with Crippen molar-refractivity contribution in [3.63, 3.8) is 0 Å². The molecule has 0 spiro atoms. The molecule has 132 valence electrons. The van der Waals surface area contributed by atoms with Crippen LogP contribution in [0.2, 0.25) is 0 Å². The molecule has 1 saturated heterocycles. The number of carbonyl (C=O) groups is 2. The van der Waals surface area contributed by atoms with Gasteiger partial charge in [-0.05, 0) is 24.5 Å². The van der Waals surface area contributed by atoms with E-state index in [1.165, 1.54) is 24.3 Å². The topological polar surface area (TPSA) is 92.3 Å². The predicted molar refractivity (Wildman–Crippen MR) is 87.7 cm³/mol. The molecule has 1 fully saturated rings. The summed E-state index contributed by atoms with van der Waals surface area (Å²) in [4.78, 5) is 24.6. The third-order valence-corrected chi connectivity index (χ3v) is 5.70. The van der Waals surface area contributed by atoms with Crippen LogP contribution in [0.1, 0.15) is 30.6 Å². The largest absolute Gasteiger partial charge is 0.351 e. The molecule has 6 nitrogen and oxygen atoms in total. The van der Waals surface area contributed by atoms with Gasteiger partial charge in [0.25, 0.3) is 5.91 Å². The zero-order valence-corrected chi connectivity index (χ0v) is 14.4. The zero-order chi connectivity index (χ0) is 17.9. The van der Waals surface area contributed by atoms with Crippen LogP contribution < -0.4 is 10.6 Å². The lowest BCUT2D eigenvalue weighted by molar-refractivity contribution is -0.124. The van der Waals surface area contributed by atoms with Crippen molar-refractivity contribution in [3.8, 4) is 0 Å². The molecule has 0 radical (unpaired) electrons. The van der Waals surface area contributed by atoms with Gasteiger partial charge in [-0.1, -0.05) is 26.0 Å². The quantitative estimate of drug-likeness (QED) is 0.819. The van der Waals surface area contributed by atoms with Gasteiger partial charge >= 0.3 is 0 Å². The van der Waals surface area contributed by atoms with E-state index in [0.29, 0.717) is 6.42 Å². The number of nitrogens with one attached hydrogen (secondary N) is 2. The molecule has 1 aliphatic rings. The monoisotopic (exact) mass is 356 g/mol. The van der Waals surface area contributed by atoms with Gasteiger partial charge in [-0.25, -0.2) is 12.8 Å². The number of carbonyl (C=O) groups excluding carboxylic acids is 2. The summed E-state index contributed by atoms with van der Waals surface area (Å²) < 4.78 is 36.6. The van der Waals surface area contributed by atoms with Gasteiger partial charge in [-0.15, -0.1) is 0 Å². The van der Waals surface area contributed by atoms with Gasteiger partial charge in [-0.3, -0.25) is 9.59 Å². The Balaban J connectivity index is 2.05. The van der Waals surface area contributed by atoms with Crippen molar-refractivity contribution in [1.29, 1.82) is 0 Å². The molecule has 24 heavy (non-hydrogen) atoms. The lowest BCUT2D eigenvalue weighted by atomic mass is 10.0. The average Bonchev–Trinajstić information content (AvgIpc) is 2.83. The fraction of sp³-hybridized carbons (Fsp3) is 0.500. The molecule has 0 saturated carbocycles. The van der Waals surface area contributed by atoms with Gasteiger partial charge in [-0.2, -0.15) is 0 Å². The summed E-state index contributed by atoms with van der Waals surface area (Å²) in [6.45, 7) is 3.49. The first-order valence-corrected chi connectivity index (χ1v) is 9.58. The average molecular weight is 356 g/mol. The first-order valence-electron chi connectivity index (χ1n) is 7.76. The Morgan fingerprint density at radius 3 is 2.46 bits per heavy atom. The van der Waals surface area contributed by atoms with Crippen LogP contribution in [0, 0.1) is 11.7 Å². The molecular weight excluding hydrogens is 335 g/mol. The Hall–Kier alpha value is -1.96. The minimum Gasteiger partial charge on any atom is -0.351 e. The molecule has 2 amide bonds. The highest BCUT2D eigenvalue weighted by Gasteiger charge is 2.32. The number of benzene rings is 1. The van der Waals surface area contributed by atoms with Crippen LogP contribution in [0.4, 0.5) is 4.39 Å². The number of halogens is 1. The third-order valence-electron chi connectivity index (χ3n) is 3.93. The Labute approximate surface area is 140 Å². The molecule has 0 bridgehead atoms. The molecule has 2 unspecified atom stereocenters. The maximum atomic E-state index is 13.7. The second kappa shape index (κ2) is 7.29. The van der Waals surface area contributed by atoms with Crippen molar-refractivity contribution in [1.82, 2.24) is 10.6 Å². The maximum absolute atomic E-state index is 13.7. The van der Waals surface area contributed by atoms with Crippen LogP contribution in [0.5, 0.6) is 0 Å². The summed E-state index contributed by atoms with van der Waals surface area (Å²) in [6.07, 6.45) is 0.361. The van der Waals surface area contributed by atoms with Crippen molar-refractivity contribution < 1.29 is 22.4 Å². The van der Waals surface area contributed by atoms with Crippen molar-refractivity contribution in [2.75, 3.05) is 11.5 Å². The van der Waals surface area contributed by atoms with E-state index >= 15 is 0 Å². The van der Waals surface area contributed by atoms with Crippen LogP contribution in [-0.2, 0) is 14.6 Å². The van der Waals surface area contributed by atoms with Gasteiger partial charge in [0.15, 0.2) is 9.84 Å². The molecule has 1 aliphatic heterocycles. The van der Waals surface area contributed by atoms with Crippen molar-refractivity contribution in [2.24, 2.45) is 5.92 Å². The van der Waals surface area contributed by atoms with E-state index in [-0.39, 0.29) is 23.0 Å². The van der Waals surface area contributed by atoms with Crippen LogP contribution in [0.3, 0.4) is 0 Å². The SMILES string of the molecule is CC(C)C(NC(=O)c1ccccc1F)C(=O)NC1CCS(=O)(=O)C1. The maximum Gasteiger partial charge on any atom is 0.254 e. The fourth-order valence-corrected chi connectivity index (χ4v) is 4.27. The predicted octanol–water partition coefficient (Wildman–Crippen LogP) is 0.883. The van der Waals surface area contributed by atoms with Gasteiger partial charge in [0, 0.05) is 6.04 Å². The van der Waals surface area contributed by atoms with E-state index in [0.717, 1.165) is 0 Å². The molecular formula is C16H21FN2O4S. The van der Waals surface area contributed by atoms with E-state index in [2.05, 4.69) is 10.6 Å². The Morgan fingerprint density at radius 1 is 1.25 bits per heavy atom. The summed E-state index contributed by atoms with van der Waals surface area (Å²) >= 11 is 0. The molecule has 2 rings (SSSR count). The third kappa shape index (κ3) is 4.53. The zero-order valence-electron chi connectivity index (χ0n) is 13.6. The van der Waals surface area contributed by atoms with Gasteiger partial charge in [0.05, 0.1) is 17.1 Å². The van der Waals surface area contributed by atoms with E-state index < -0.39 is 39.6 Å². The number of sulfone groups is 1. The highest BCUT2D eigenvalue weighted by Crippen LogP contribution is 2.13. The van der Waals surface area contributed by atoms with E-state index in [1.807, 2.05) is 0 Å². The minimum absolute atomic E-state index is 0.0475. The standard InChI is InChI=1S/C16H21FN2O4S/c1-10(2)14(16(21)18-11-7-8-24(22,23)9-11)19-15(20)12-5-3-4-6-13(12)17/h3-6,10-11,14H,7-9H2,1-2H3,(H,18,21)(H,19,20). The van der Waals surface area contributed by atoms with Gasteiger partial charge in [0.2, 0.25) is 5.91 Å². The van der Waals surface area contributed by atoms with Crippen LogP contribution in [0.15, 0.2) is 24.3 Å². The van der Waals surface area contributed by atoms with Gasteiger partial charge < -0.3 is 10.6 Å². The van der Waals surface area contributed by atoms with Crippen molar-refractivity contribution in [3.05, 3.63) is 35.6 Å². The highest BCUT2D eigenvalue weighted by atomic mass is 32.2. The molecule has 2 atom stereocenters. The fourth-order valence-electron chi connectivity index (χ4n) is 2.60. The number of hydrogen-bond donors (Lipinski definition) is 2. The second-order valence-corrected chi connectivity index (χ2v) is 8.51. The van der Waals surface area contributed by atoms with E-state index in [4.69, 9.17) is 0 Å². The molecule has 0 aromatic heterocycles. The number of hydrogen-bond acceptors (Lipinski definition) is 4. The first-order chi connectivity index (χ1) is 11.2. The lowest BCUT2D eigenvalue weighted by Gasteiger charge is -2.23. The molecule has 8 heteroatoms. The van der Waals surface area contributed by atoms with Crippen molar-refractivity contribution >= 4 is 21.7 Å². The first kappa shape index (κ1) is 18.4. The second-order valence-electron chi connectivity index (χ2n) is 6.28. The van der Waals surface area contributed by atoms with Crippen LogP contribution >= 0.6 is 0 Å². The van der Waals surface area contributed by atoms with Crippen molar-refractivity contribution in [2.45, 2.75) is 32.4 Å². The normalized spacial score (nSPS) is 20.6. The Morgan fingerprint density at radius 2 is 1.92 bits per heavy atom. The summed E-state index contributed by atoms with van der Waals surface area (Å²) in [6, 6.07) is 4.19. The van der Waals surface area contributed by atoms with Gasteiger partial charge in [0.1, 0.15) is 11.9 Å². The molecule has 1 aromatic carbocycles. The van der Waals surface area contributed by atoms with E-state index in [9.17, 15) is 22.4 Å². The summed E-state index contributed by atoms with van der Waals surface area (Å²) in [5.74, 6) is -2.09. The summed E-state index contributed by atoms with van der Waals surface area (Å²) in [5.41, 5.74) is -0.139. The Bertz CT molecular complexity index is 733. The lowest BCUT2D eigenvalue weighted by Crippen LogP contribution is -2.52. The highest BCUT2D eigenvalue weighted by molar-refractivity contribution is 7.91. The smallest absolute Gasteiger partial charge is 0.254 e. The number of rotatable bonds is 5. The molecule has 1 aromatic rings. The van der Waals surface area contributed by atoms with E-state index in [1.54, 1.807) is 13.8 Å². The summed E-state index contributed by atoms with van der Waals surface area (Å²) in [7, 11) is -3.11. The van der Waals surface area contributed by atoms with Crippen LogP contribution in [-0.4, -0.2) is 43.8 Å². The Kier molecular flexibility index (Phi) is 5.58. The molecule has 1 heterocycles.